The van der Waals surface area contributed by atoms with Gasteiger partial charge in [-0.05, 0) is 36.4 Å². The van der Waals surface area contributed by atoms with Crippen molar-refractivity contribution in [2.45, 2.75) is 20.4 Å². The molecule has 0 fully saturated rings. The smallest absolute Gasteiger partial charge is 0.271 e. The first kappa shape index (κ1) is 12.6. The van der Waals surface area contributed by atoms with Crippen molar-refractivity contribution in [1.82, 2.24) is 0 Å². The molecule has 1 aromatic heterocycles. The van der Waals surface area contributed by atoms with Crippen LogP contribution in [0.1, 0.15) is 16.0 Å². The number of nitro benzene ring substituents is 1. The van der Waals surface area contributed by atoms with Crippen molar-refractivity contribution in [2.75, 3.05) is 5.32 Å². The van der Waals surface area contributed by atoms with Gasteiger partial charge in [-0.15, -0.1) is 11.3 Å². The third kappa shape index (κ3) is 2.68. The molecule has 5 heteroatoms. The second-order valence-corrected chi connectivity index (χ2v) is 5.14. The van der Waals surface area contributed by atoms with Gasteiger partial charge in [-0.2, -0.15) is 0 Å². The van der Waals surface area contributed by atoms with Crippen LogP contribution in [0.15, 0.2) is 29.6 Å². The molecule has 0 aliphatic rings. The molecule has 0 atom stereocenters. The quantitative estimate of drug-likeness (QED) is 0.672. The maximum atomic E-state index is 10.7. The minimum Gasteiger partial charge on any atom is -0.380 e. The molecular weight excluding hydrogens is 248 g/mol. The molecule has 0 amide bonds. The van der Waals surface area contributed by atoms with Crippen LogP contribution in [0.5, 0.6) is 0 Å². The summed E-state index contributed by atoms with van der Waals surface area (Å²) in [6, 6.07) is 6.94. The van der Waals surface area contributed by atoms with Gasteiger partial charge in [-0.1, -0.05) is 6.07 Å². The average molecular weight is 262 g/mol. The maximum absolute atomic E-state index is 10.7. The monoisotopic (exact) mass is 262 g/mol. The summed E-state index contributed by atoms with van der Waals surface area (Å²) in [4.78, 5) is 11.6. The lowest BCUT2D eigenvalue weighted by atomic mass is 10.2. The molecule has 0 radical (unpaired) electrons. The zero-order valence-corrected chi connectivity index (χ0v) is 11.1. The van der Waals surface area contributed by atoms with Crippen LogP contribution in [0.3, 0.4) is 0 Å². The summed E-state index contributed by atoms with van der Waals surface area (Å²) in [7, 11) is 0. The molecule has 0 saturated carbocycles. The van der Waals surface area contributed by atoms with Gasteiger partial charge in [-0.3, -0.25) is 10.1 Å². The molecule has 0 spiro atoms. The van der Waals surface area contributed by atoms with E-state index < -0.39 is 0 Å². The summed E-state index contributed by atoms with van der Waals surface area (Å²) < 4.78 is 0. The Hall–Kier alpha value is -1.88. The van der Waals surface area contributed by atoms with Crippen LogP contribution < -0.4 is 5.32 Å². The standard InChI is InChI=1S/C13H14N2O2S/c1-9-3-4-11(15(16)17)7-12(9)14-8-13-10(2)5-6-18-13/h3-7,14H,8H2,1-2H3. The molecule has 2 rings (SSSR count). The van der Waals surface area contributed by atoms with Gasteiger partial charge in [0.15, 0.2) is 0 Å². The molecule has 94 valence electrons. The normalized spacial score (nSPS) is 10.3. The number of rotatable bonds is 4. The predicted molar refractivity (Wildman–Crippen MR) is 74.2 cm³/mol. The number of hydrogen-bond donors (Lipinski definition) is 1. The molecule has 18 heavy (non-hydrogen) atoms. The Morgan fingerprint density at radius 3 is 2.67 bits per heavy atom. The van der Waals surface area contributed by atoms with Gasteiger partial charge >= 0.3 is 0 Å². The van der Waals surface area contributed by atoms with E-state index in [4.69, 9.17) is 0 Å². The van der Waals surface area contributed by atoms with Crippen molar-refractivity contribution in [3.8, 4) is 0 Å². The van der Waals surface area contributed by atoms with Crippen molar-refractivity contribution in [3.05, 3.63) is 55.8 Å². The second kappa shape index (κ2) is 5.18. The van der Waals surface area contributed by atoms with Gasteiger partial charge in [0.25, 0.3) is 5.69 Å². The zero-order chi connectivity index (χ0) is 13.1. The van der Waals surface area contributed by atoms with E-state index in [-0.39, 0.29) is 10.6 Å². The molecule has 1 aromatic carbocycles. The second-order valence-electron chi connectivity index (χ2n) is 4.14. The van der Waals surface area contributed by atoms with E-state index in [9.17, 15) is 10.1 Å². The van der Waals surface area contributed by atoms with E-state index in [0.29, 0.717) is 6.54 Å². The van der Waals surface area contributed by atoms with Gasteiger partial charge < -0.3 is 5.32 Å². The lowest BCUT2D eigenvalue weighted by Crippen LogP contribution is -2.01. The van der Waals surface area contributed by atoms with Crippen LogP contribution in [0.4, 0.5) is 11.4 Å². The molecule has 0 unspecified atom stereocenters. The number of anilines is 1. The van der Waals surface area contributed by atoms with E-state index >= 15 is 0 Å². The predicted octanol–water partition coefficient (Wildman–Crippen LogP) is 3.89. The molecule has 0 bridgehead atoms. The van der Waals surface area contributed by atoms with E-state index in [2.05, 4.69) is 18.3 Å². The van der Waals surface area contributed by atoms with Crippen LogP contribution in [0.25, 0.3) is 0 Å². The van der Waals surface area contributed by atoms with E-state index in [1.54, 1.807) is 23.5 Å². The van der Waals surface area contributed by atoms with Crippen molar-refractivity contribution < 1.29 is 4.92 Å². The molecule has 0 aliphatic carbocycles. The molecule has 2 aromatic rings. The number of nitro groups is 1. The van der Waals surface area contributed by atoms with E-state index in [1.165, 1.54) is 16.5 Å². The summed E-state index contributed by atoms with van der Waals surface area (Å²) in [5, 5.41) is 16.0. The van der Waals surface area contributed by atoms with Crippen molar-refractivity contribution in [2.24, 2.45) is 0 Å². The Balaban J connectivity index is 2.16. The number of thiophene rings is 1. The van der Waals surface area contributed by atoms with Crippen molar-refractivity contribution in [3.63, 3.8) is 0 Å². The highest BCUT2D eigenvalue weighted by Crippen LogP contribution is 2.24. The molecule has 0 saturated heterocycles. The lowest BCUT2D eigenvalue weighted by Gasteiger charge is -2.08. The van der Waals surface area contributed by atoms with Gasteiger partial charge in [0.05, 0.1) is 4.92 Å². The summed E-state index contributed by atoms with van der Waals surface area (Å²) in [6.45, 7) is 4.70. The summed E-state index contributed by atoms with van der Waals surface area (Å²) >= 11 is 1.69. The van der Waals surface area contributed by atoms with Crippen molar-refractivity contribution >= 4 is 22.7 Å². The van der Waals surface area contributed by atoms with Crippen LogP contribution in [-0.2, 0) is 6.54 Å². The molecule has 1 N–H and O–H groups in total. The highest BCUT2D eigenvalue weighted by Gasteiger charge is 2.08. The van der Waals surface area contributed by atoms with E-state index in [1.807, 2.05) is 12.3 Å². The summed E-state index contributed by atoms with van der Waals surface area (Å²) in [5.41, 5.74) is 3.19. The fourth-order valence-electron chi connectivity index (χ4n) is 1.67. The first-order valence-electron chi connectivity index (χ1n) is 5.60. The first-order valence-corrected chi connectivity index (χ1v) is 6.48. The number of hydrogen-bond acceptors (Lipinski definition) is 4. The Morgan fingerprint density at radius 1 is 1.28 bits per heavy atom. The number of non-ortho nitro benzene ring substituents is 1. The highest BCUT2D eigenvalue weighted by molar-refractivity contribution is 7.10. The SMILES string of the molecule is Cc1ccc([N+](=O)[O-])cc1NCc1sccc1C. The van der Waals surface area contributed by atoms with Crippen molar-refractivity contribution in [1.29, 1.82) is 0 Å². The highest BCUT2D eigenvalue weighted by atomic mass is 32.1. The number of benzene rings is 1. The molecular formula is C13H14N2O2S. The fourth-order valence-corrected chi connectivity index (χ4v) is 2.52. The average Bonchev–Trinajstić information content (AvgIpc) is 2.73. The van der Waals surface area contributed by atoms with Gasteiger partial charge in [-0.25, -0.2) is 0 Å². The molecule has 0 aliphatic heterocycles. The Morgan fingerprint density at radius 2 is 2.06 bits per heavy atom. The van der Waals surface area contributed by atoms with Crippen LogP contribution in [0, 0.1) is 24.0 Å². The largest absolute Gasteiger partial charge is 0.380 e. The number of aryl methyl sites for hydroxylation is 2. The van der Waals surface area contributed by atoms with Gasteiger partial charge in [0.2, 0.25) is 0 Å². The van der Waals surface area contributed by atoms with Crippen LogP contribution >= 0.6 is 11.3 Å². The maximum Gasteiger partial charge on any atom is 0.271 e. The van der Waals surface area contributed by atoms with Gasteiger partial charge in [0, 0.05) is 29.2 Å². The fraction of sp³-hybridized carbons (Fsp3) is 0.231. The Labute approximate surface area is 109 Å². The minimum absolute atomic E-state index is 0.117. The van der Waals surface area contributed by atoms with Crippen LogP contribution in [-0.4, -0.2) is 4.92 Å². The van der Waals surface area contributed by atoms with Crippen LogP contribution in [0.2, 0.25) is 0 Å². The Bertz CT molecular complexity index is 578. The summed E-state index contributed by atoms with van der Waals surface area (Å²) in [5.74, 6) is 0. The van der Waals surface area contributed by atoms with Gasteiger partial charge in [0.1, 0.15) is 0 Å². The zero-order valence-electron chi connectivity index (χ0n) is 10.3. The molecule has 4 nitrogen and oxygen atoms in total. The third-order valence-electron chi connectivity index (χ3n) is 2.84. The third-order valence-corrected chi connectivity index (χ3v) is 3.86. The number of nitrogens with one attached hydrogen (secondary N) is 1. The van der Waals surface area contributed by atoms with E-state index in [0.717, 1.165) is 11.3 Å². The molecule has 1 heterocycles. The number of nitrogens with zero attached hydrogens (tertiary/aromatic N) is 1. The summed E-state index contributed by atoms with van der Waals surface area (Å²) in [6.07, 6.45) is 0. The first-order chi connectivity index (χ1) is 8.58. The Kier molecular flexibility index (Phi) is 3.62. The minimum atomic E-state index is -0.374. The topological polar surface area (TPSA) is 55.2 Å². The lowest BCUT2D eigenvalue weighted by molar-refractivity contribution is -0.384.